The molecule has 10 rings (SSSR count). The molecular weight excluding hydrogens is 647 g/mol. The van der Waals surface area contributed by atoms with Crippen LogP contribution in [0.2, 0.25) is 0 Å². The maximum atomic E-state index is 2.64. The molecule has 1 nitrogen and oxygen atoms in total. The van der Waals surface area contributed by atoms with Gasteiger partial charge in [-0.15, -0.1) is 11.3 Å². The molecule has 2 aliphatic carbocycles. The first-order valence-corrected chi connectivity index (χ1v) is 19.4. The summed E-state index contributed by atoms with van der Waals surface area (Å²) in [6, 6.07) is 50.3. The van der Waals surface area contributed by atoms with Gasteiger partial charge >= 0.3 is 0 Å². The molecule has 0 radical (unpaired) electrons. The van der Waals surface area contributed by atoms with Gasteiger partial charge in [-0.3, -0.25) is 0 Å². The number of nitrogens with zero attached hydrogens (tertiary/aromatic N) is 1. The molecule has 0 N–H and O–H groups in total. The number of rotatable bonds is 3. The van der Waals surface area contributed by atoms with Crippen molar-refractivity contribution in [3.63, 3.8) is 0 Å². The Morgan fingerprint density at radius 3 is 1.67 bits per heavy atom. The highest BCUT2D eigenvalue weighted by atomic mass is 32.1. The molecule has 0 fully saturated rings. The molecule has 52 heavy (non-hydrogen) atoms. The molecule has 0 spiro atoms. The third-order valence-corrected chi connectivity index (χ3v) is 13.2. The van der Waals surface area contributed by atoms with Gasteiger partial charge in [-0.25, -0.2) is 0 Å². The van der Waals surface area contributed by atoms with Crippen LogP contribution in [0.3, 0.4) is 0 Å². The summed E-state index contributed by atoms with van der Waals surface area (Å²) in [7, 11) is 0. The zero-order chi connectivity index (χ0) is 35.7. The van der Waals surface area contributed by atoms with Gasteiger partial charge in [-0.1, -0.05) is 146 Å². The molecule has 0 saturated heterocycles. The summed E-state index contributed by atoms with van der Waals surface area (Å²) in [6.07, 6.45) is 0. The summed E-state index contributed by atoms with van der Waals surface area (Å²) in [4.78, 5) is 2.64. The SMILES string of the molecule is CC(C)(C)c1c2c(c(N(c3ccc4ccccc4c3)c3ccc4sc5ccccc5c4c3)c3c1-c1ccccc1C3(C)C)C(C)(C)c1ccccc1-2. The Balaban J connectivity index is 1.42. The molecule has 254 valence electrons. The fraction of sp³-hybridized carbons (Fsp3) is 0.200. The van der Waals surface area contributed by atoms with Crippen LogP contribution in [0, 0.1) is 0 Å². The molecular formula is C50H43NS. The van der Waals surface area contributed by atoms with Crippen LogP contribution >= 0.6 is 11.3 Å². The normalized spacial score (nSPS) is 15.1. The van der Waals surface area contributed by atoms with Crippen LogP contribution in [0.5, 0.6) is 0 Å². The van der Waals surface area contributed by atoms with Crippen molar-refractivity contribution in [3.8, 4) is 22.3 Å². The molecule has 0 amide bonds. The summed E-state index contributed by atoms with van der Waals surface area (Å²) in [5.41, 5.74) is 15.8. The number of thiophene rings is 1. The smallest absolute Gasteiger partial charge is 0.0556 e. The Hall–Kier alpha value is -5.18. The average Bonchev–Trinajstić information content (AvgIpc) is 3.71. The van der Waals surface area contributed by atoms with Crippen LogP contribution in [0.1, 0.15) is 76.3 Å². The molecule has 0 bridgehead atoms. The molecule has 1 aromatic heterocycles. The first-order valence-electron chi connectivity index (χ1n) is 18.6. The van der Waals surface area contributed by atoms with Crippen molar-refractivity contribution in [1.29, 1.82) is 0 Å². The first kappa shape index (κ1) is 31.5. The Bertz CT molecular complexity index is 2700. The van der Waals surface area contributed by atoms with Crippen LogP contribution in [0.15, 0.2) is 133 Å². The molecule has 2 aliphatic rings. The van der Waals surface area contributed by atoms with Gasteiger partial charge in [0.15, 0.2) is 0 Å². The van der Waals surface area contributed by atoms with E-state index < -0.39 is 0 Å². The summed E-state index contributed by atoms with van der Waals surface area (Å²) >= 11 is 1.88. The largest absolute Gasteiger partial charge is 0.310 e. The highest BCUT2D eigenvalue weighted by molar-refractivity contribution is 7.25. The van der Waals surface area contributed by atoms with E-state index in [-0.39, 0.29) is 16.2 Å². The lowest BCUT2D eigenvalue weighted by molar-refractivity contribution is 0.587. The van der Waals surface area contributed by atoms with Gasteiger partial charge in [0, 0.05) is 42.4 Å². The highest BCUT2D eigenvalue weighted by Gasteiger charge is 2.50. The van der Waals surface area contributed by atoms with E-state index in [4.69, 9.17) is 0 Å². The molecule has 0 atom stereocenters. The van der Waals surface area contributed by atoms with Gasteiger partial charge in [0.25, 0.3) is 0 Å². The number of benzene rings is 7. The van der Waals surface area contributed by atoms with Crippen LogP contribution in [-0.2, 0) is 16.2 Å². The molecule has 0 aliphatic heterocycles. The monoisotopic (exact) mass is 689 g/mol. The third kappa shape index (κ3) is 4.22. The predicted octanol–water partition coefficient (Wildman–Crippen LogP) is 14.6. The standard InChI is InChI=1S/C50H43NS/c1-48(2,3)44-42-35-19-10-13-21-38(35)49(4,5)45(42)47(46-43(44)36-20-11-14-22-39(36)50(46,6)7)51(32-25-24-30-16-8-9-17-31(30)28-32)33-26-27-41-37(29-33)34-18-12-15-23-40(34)52-41/h8-29H,1-7H3. The van der Waals surface area contributed by atoms with Crippen molar-refractivity contribution in [2.24, 2.45) is 0 Å². The minimum absolute atomic E-state index is 0.101. The maximum absolute atomic E-state index is 2.64. The Labute approximate surface area is 311 Å². The summed E-state index contributed by atoms with van der Waals surface area (Å²) in [6.45, 7) is 17.1. The zero-order valence-electron chi connectivity index (χ0n) is 31.1. The van der Waals surface area contributed by atoms with Crippen LogP contribution in [0.25, 0.3) is 53.2 Å². The van der Waals surface area contributed by atoms with Crippen molar-refractivity contribution in [1.82, 2.24) is 0 Å². The van der Waals surface area contributed by atoms with Gasteiger partial charge in [0.05, 0.1) is 5.69 Å². The van der Waals surface area contributed by atoms with E-state index in [1.165, 1.54) is 98.1 Å². The van der Waals surface area contributed by atoms with E-state index in [2.05, 4.69) is 187 Å². The van der Waals surface area contributed by atoms with E-state index in [9.17, 15) is 0 Å². The van der Waals surface area contributed by atoms with E-state index in [1.54, 1.807) is 0 Å². The van der Waals surface area contributed by atoms with E-state index in [0.717, 1.165) is 0 Å². The van der Waals surface area contributed by atoms with Crippen molar-refractivity contribution in [3.05, 3.63) is 161 Å². The minimum Gasteiger partial charge on any atom is -0.310 e. The van der Waals surface area contributed by atoms with Gasteiger partial charge in [0.2, 0.25) is 0 Å². The fourth-order valence-corrected chi connectivity index (χ4v) is 10.9. The van der Waals surface area contributed by atoms with E-state index >= 15 is 0 Å². The Morgan fingerprint density at radius 2 is 1.02 bits per heavy atom. The van der Waals surface area contributed by atoms with Crippen LogP contribution in [-0.4, -0.2) is 0 Å². The van der Waals surface area contributed by atoms with Gasteiger partial charge < -0.3 is 4.90 Å². The molecule has 1 heterocycles. The molecule has 2 heteroatoms. The van der Waals surface area contributed by atoms with Crippen molar-refractivity contribution >= 4 is 59.3 Å². The lowest BCUT2D eigenvalue weighted by Gasteiger charge is -2.39. The topological polar surface area (TPSA) is 3.24 Å². The van der Waals surface area contributed by atoms with Crippen molar-refractivity contribution in [2.75, 3.05) is 4.90 Å². The van der Waals surface area contributed by atoms with Gasteiger partial charge in [0.1, 0.15) is 0 Å². The lowest BCUT2D eigenvalue weighted by atomic mass is 9.70. The number of anilines is 3. The molecule has 0 unspecified atom stereocenters. The number of fused-ring (bicyclic) bond motifs is 10. The van der Waals surface area contributed by atoms with Crippen LogP contribution < -0.4 is 4.90 Å². The quantitative estimate of drug-likeness (QED) is 0.178. The summed E-state index contributed by atoms with van der Waals surface area (Å²) in [5, 5.41) is 5.14. The van der Waals surface area contributed by atoms with Crippen molar-refractivity contribution in [2.45, 2.75) is 64.7 Å². The molecule has 0 saturated carbocycles. The summed E-state index contributed by atoms with van der Waals surface area (Å²) < 4.78 is 2.65. The number of hydrogen-bond acceptors (Lipinski definition) is 2. The third-order valence-electron chi connectivity index (χ3n) is 12.0. The minimum atomic E-state index is -0.241. The second-order valence-corrected chi connectivity index (χ2v) is 18.0. The predicted molar refractivity (Wildman–Crippen MR) is 225 cm³/mol. The second kappa shape index (κ2) is 10.7. The average molecular weight is 690 g/mol. The Morgan fingerprint density at radius 1 is 0.500 bits per heavy atom. The molecule has 7 aromatic carbocycles. The fourth-order valence-electron chi connectivity index (χ4n) is 9.80. The summed E-state index contributed by atoms with van der Waals surface area (Å²) in [5.74, 6) is 0. The highest BCUT2D eigenvalue weighted by Crippen LogP contribution is 2.65. The van der Waals surface area contributed by atoms with Crippen molar-refractivity contribution < 1.29 is 0 Å². The maximum Gasteiger partial charge on any atom is 0.0556 e. The second-order valence-electron chi connectivity index (χ2n) is 17.0. The van der Waals surface area contributed by atoms with E-state index in [1.807, 2.05) is 11.3 Å². The van der Waals surface area contributed by atoms with E-state index in [0.29, 0.717) is 0 Å². The zero-order valence-corrected chi connectivity index (χ0v) is 31.9. The van der Waals surface area contributed by atoms with Gasteiger partial charge in [-0.2, -0.15) is 0 Å². The van der Waals surface area contributed by atoms with Crippen LogP contribution in [0.4, 0.5) is 17.1 Å². The number of hydrogen-bond donors (Lipinski definition) is 0. The van der Waals surface area contributed by atoms with Gasteiger partial charge in [-0.05, 0) is 103 Å². The molecule has 8 aromatic rings. The Kier molecular flexibility index (Phi) is 6.48. The first-order chi connectivity index (χ1) is 25.0. The lowest BCUT2D eigenvalue weighted by Crippen LogP contribution is -2.27.